The van der Waals surface area contributed by atoms with E-state index in [0.717, 1.165) is 17.5 Å². The quantitative estimate of drug-likeness (QED) is 0.312. The van der Waals surface area contributed by atoms with Crippen molar-refractivity contribution in [1.29, 1.82) is 0 Å². The molecule has 0 saturated heterocycles. The average molecular weight is 228 g/mol. The molecule has 0 heterocycles. The summed E-state index contributed by atoms with van der Waals surface area (Å²) in [6.07, 6.45) is 1.04. The van der Waals surface area contributed by atoms with E-state index in [9.17, 15) is 4.79 Å². The summed E-state index contributed by atoms with van der Waals surface area (Å²) < 4.78 is 4.56. The summed E-state index contributed by atoms with van der Waals surface area (Å²) in [5, 5.41) is 0. The Morgan fingerprint density at radius 1 is 1.75 bits per heavy atom. The van der Waals surface area contributed by atoms with Crippen LogP contribution in [0.4, 0.5) is 0 Å². The highest BCUT2D eigenvalue weighted by Crippen LogP contribution is 2.50. The van der Waals surface area contributed by atoms with Gasteiger partial charge in [-0.3, -0.25) is 0 Å². The fourth-order valence-electron chi connectivity index (χ4n) is 0.357. The lowest BCUT2D eigenvalue weighted by Crippen LogP contribution is -2.03. The summed E-state index contributed by atoms with van der Waals surface area (Å²) >= 11 is 5.13. The second-order valence-electron chi connectivity index (χ2n) is 1.70. The topological polar surface area (TPSA) is 66.8 Å². The maximum absolute atomic E-state index is 10.4. The molecule has 0 atom stereocenters. The lowest BCUT2D eigenvalue weighted by Gasteiger charge is -2.05. The smallest absolute Gasteiger partial charge is 0.330 e. The Morgan fingerprint density at radius 2 is 2.33 bits per heavy atom. The summed E-state index contributed by atoms with van der Waals surface area (Å²) in [7, 11) is 0. The molecule has 0 aromatic rings. The summed E-state index contributed by atoms with van der Waals surface area (Å²) in [5.41, 5.74) is -3.20. The zero-order valence-electron chi connectivity index (χ0n) is 6.17. The minimum Gasteiger partial charge on any atom is -0.462 e. The van der Waals surface area contributed by atoms with E-state index in [1.165, 1.54) is 0 Å². The normalized spacial score (nSPS) is 10.8. The predicted molar refractivity (Wildman–Crippen MR) is 52.3 cm³/mol. The van der Waals surface area contributed by atoms with Gasteiger partial charge in [-0.1, -0.05) is 18.0 Å². The molecule has 0 aromatic carbocycles. The van der Waals surface area contributed by atoms with Crippen LogP contribution in [-0.2, 0) is 21.3 Å². The van der Waals surface area contributed by atoms with Crippen LogP contribution in [0.5, 0.6) is 0 Å². The van der Waals surface area contributed by atoms with Gasteiger partial charge in [-0.05, 0) is 11.8 Å². The maximum Gasteiger partial charge on any atom is 0.330 e. The number of carbonyl (C=O) groups excluding carboxylic acids is 1. The van der Waals surface area contributed by atoms with Crippen molar-refractivity contribution in [2.45, 2.75) is 0 Å². The van der Waals surface area contributed by atoms with Crippen LogP contribution in [0.2, 0.25) is 0 Å². The Morgan fingerprint density at radius 3 is 2.75 bits per heavy atom. The molecule has 0 rings (SSSR count). The van der Waals surface area contributed by atoms with Crippen LogP contribution < -0.4 is 0 Å². The molecule has 0 aromatic heterocycles. The Balaban J connectivity index is 3.40. The zero-order valence-corrected chi connectivity index (χ0v) is 8.70. The van der Waals surface area contributed by atoms with Gasteiger partial charge in [-0.25, -0.2) is 4.79 Å². The van der Waals surface area contributed by atoms with Gasteiger partial charge in [-0.2, -0.15) is 0 Å². The molecule has 7 heteroatoms. The number of hydrogen-bond donors (Lipinski definition) is 2. The first kappa shape index (κ1) is 12.1. The minimum atomic E-state index is -3.20. The first-order valence-electron chi connectivity index (χ1n) is 2.95. The Bertz CT molecular complexity index is 211. The first-order chi connectivity index (χ1) is 5.45. The van der Waals surface area contributed by atoms with Crippen LogP contribution in [0, 0.1) is 0 Å². The van der Waals surface area contributed by atoms with Crippen LogP contribution in [0.3, 0.4) is 0 Å². The molecule has 0 saturated carbocycles. The van der Waals surface area contributed by atoms with Gasteiger partial charge in [0, 0.05) is 11.8 Å². The third kappa shape index (κ3) is 8.23. The highest BCUT2D eigenvalue weighted by Gasteiger charge is 2.07. The van der Waals surface area contributed by atoms with Crippen molar-refractivity contribution < 1.29 is 19.3 Å². The molecule has 0 fully saturated rings. The van der Waals surface area contributed by atoms with E-state index in [1.54, 1.807) is 0 Å². The van der Waals surface area contributed by atoms with Crippen LogP contribution in [-0.4, -0.2) is 28.1 Å². The van der Waals surface area contributed by atoms with Crippen molar-refractivity contribution in [3.8, 4) is 0 Å². The third-order valence-corrected chi connectivity index (χ3v) is 3.94. The van der Waals surface area contributed by atoms with Crippen LogP contribution in [0.15, 0.2) is 12.7 Å². The molecular weight excluding hydrogens is 219 g/mol. The van der Waals surface area contributed by atoms with Crippen molar-refractivity contribution in [3.05, 3.63) is 12.7 Å². The Hall–Kier alpha value is 0.130. The number of esters is 1. The monoisotopic (exact) mass is 228 g/mol. The largest absolute Gasteiger partial charge is 0.462 e. The summed E-state index contributed by atoms with van der Waals surface area (Å²) in [6.45, 7) is 3.30. The van der Waals surface area contributed by atoms with Gasteiger partial charge in [0.05, 0.1) is 0 Å². The van der Waals surface area contributed by atoms with E-state index < -0.39 is 11.7 Å². The third-order valence-electron chi connectivity index (χ3n) is 0.754. The number of ether oxygens (including phenoxy) is 1. The Labute approximate surface area is 79.5 Å². The van der Waals surface area contributed by atoms with Gasteiger partial charge >= 0.3 is 5.97 Å². The van der Waals surface area contributed by atoms with Crippen LogP contribution >= 0.6 is 17.1 Å². The van der Waals surface area contributed by atoms with Gasteiger partial charge in [0.2, 0.25) is 5.69 Å². The molecule has 12 heavy (non-hydrogen) atoms. The highest BCUT2D eigenvalue weighted by atomic mass is 32.9. The number of rotatable bonds is 5. The summed E-state index contributed by atoms with van der Waals surface area (Å²) in [5.74, 6) is -0.246. The van der Waals surface area contributed by atoms with Gasteiger partial charge in [-0.15, -0.1) is 0 Å². The standard InChI is InChI=1S/C5H9O4PS2/c1-2-5(6)9-3-4-12-10(7,8)11/h2H,1,3-4H2,(H2,7,8,11). The van der Waals surface area contributed by atoms with E-state index >= 15 is 0 Å². The molecule has 0 aliphatic heterocycles. The van der Waals surface area contributed by atoms with Crippen molar-refractivity contribution in [2.24, 2.45) is 0 Å². The van der Waals surface area contributed by atoms with Gasteiger partial charge in [0.15, 0.2) is 0 Å². The van der Waals surface area contributed by atoms with Crippen molar-refractivity contribution >= 4 is 34.9 Å². The number of carbonyl (C=O) groups is 1. The van der Waals surface area contributed by atoms with E-state index in [2.05, 4.69) is 23.1 Å². The lowest BCUT2D eigenvalue weighted by molar-refractivity contribution is -0.137. The lowest BCUT2D eigenvalue weighted by atomic mass is 10.6. The van der Waals surface area contributed by atoms with Crippen molar-refractivity contribution in [1.82, 2.24) is 0 Å². The molecule has 0 aliphatic rings. The van der Waals surface area contributed by atoms with Gasteiger partial charge in [0.25, 0.3) is 0 Å². The van der Waals surface area contributed by atoms with Crippen molar-refractivity contribution in [3.63, 3.8) is 0 Å². The Kier molecular flexibility index (Phi) is 5.78. The van der Waals surface area contributed by atoms with E-state index in [4.69, 9.17) is 9.79 Å². The molecule has 70 valence electrons. The second-order valence-corrected chi connectivity index (χ2v) is 7.87. The maximum atomic E-state index is 10.4. The molecule has 2 N–H and O–H groups in total. The highest BCUT2D eigenvalue weighted by molar-refractivity contribution is 8.67. The minimum absolute atomic E-state index is 0.106. The SMILES string of the molecule is C=CC(=O)OCCSP(O)(O)=S. The van der Waals surface area contributed by atoms with Crippen LogP contribution in [0.1, 0.15) is 0 Å². The fraction of sp³-hybridized carbons (Fsp3) is 0.400. The molecule has 0 bridgehead atoms. The molecular formula is C5H9O4PS2. The number of hydrogen-bond acceptors (Lipinski definition) is 4. The van der Waals surface area contributed by atoms with E-state index in [-0.39, 0.29) is 12.4 Å². The van der Waals surface area contributed by atoms with E-state index in [1.807, 2.05) is 0 Å². The zero-order chi connectivity index (χ0) is 9.61. The second kappa shape index (κ2) is 5.72. The molecule has 0 radical (unpaired) electrons. The summed E-state index contributed by atoms with van der Waals surface area (Å²) in [4.78, 5) is 27.9. The van der Waals surface area contributed by atoms with Gasteiger partial charge < -0.3 is 14.5 Å². The molecule has 0 aliphatic carbocycles. The predicted octanol–water partition coefficient (Wildman–Crippen LogP) is 0.658. The molecule has 0 amide bonds. The molecule has 0 unspecified atom stereocenters. The fourth-order valence-corrected chi connectivity index (χ4v) is 2.36. The molecule has 4 nitrogen and oxygen atoms in total. The van der Waals surface area contributed by atoms with Crippen molar-refractivity contribution in [2.75, 3.05) is 12.4 Å². The average Bonchev–Trinajstić information content (AvgIpc) is 1.96. The van der Waals surface area contributed by atoms with Gasteiger partial charge in [0.1, 0.15) is 6.61 Å². The van der Waals surface area contributed by atoms with Crippen LogP contribution in [0.25, 0.3) is 0 Å². The molecule has 0 spiro atoms. The van der Waals surface area contributed by atoms with E-state index in [0.29, 0.717) is 0 Å². The summed E-state index contributed by atoms with van der Waals surface area (Å²) in [6, 6.07) is 0. The first-order valence-corrected chi connectivity index (χ1v) is 7.25.